The van der Waals surface area contributed by atoms with E-state index in [1.165, 1.54) is 30.6 Å². The molecule has 0 amide bonds. The summed E-state index contributed by atoms with van der Waals surface area (Å²) in [5.74, 6) is 2.41. The second-order valence-corrected chi connectivity index (χ2v) is 6.71. The third-order valence-corrected chi connectivity index (χ3v) is 5.12. The van der Waals surface area contributed by atoms with E-state index in [0.29, 0.717) is 6.04 Å². The van der Waals surface area contributed by atoms with Gasteiger partial charge in [-0.2, -0.15) is 0 Å². The van der Waals surface area contributed by atoms with E-state index in [0.717, 1.165) is 17.6 Å². The van der Waals surface area contributed by atoms with Crippen LogP contribution in [0.5, 0.6) is 0 Å². The van der Waals surface area contributed by atoms with E-state index in [-0.39, 0.29) is 6.04 Å². The number of thiophene rings is 1. The largest absolute Gasteiger partial charge is 0.444 e. The van der Waals surface area contributed by atoms with Crippen LogP contribution in [0.1, 0.15) is 61.2 Å². The summed E-state index contributed by atoms with van der Waals surface area (Å²) < 4.78 is 5.66. The third-order valence-electron chi connectivity index (χ3n) is 4.16. The number of nitrogens with zero attached hydrogens (tertiary/aromatic N) is 1. The molecule has 0 aliphatic heterocycles. The van der Waals surface area contributed by atoms with Crippen molar-refractivity contribution >= 4 is 11.3 Å². The lowest BCUT2D eigenvalue weighted by molar-refractivity contribution is 0.310. The van der Waals surface area contributed by atoms with Crippen molar-refractivity contribution in [2.24, 2.45) is 5.92 Å². The van der Waals surface area contributed by atoms with Crippen molar-refractivity contribution in [3.63, 3.8) is 0 Å². The normalized spacial score (nSPS) is 19.3. The van der Waals surface area contributed by atoms with Gasteiger partial charge in [-0.05, 0) is 44.1 Å². The van der Waals surface area contributed by atoms with Gasteiger partial charge in [0.05, 0.1) is 12.2 Å². The summed E-state index contributed by atoms with van der Waals surface area (Å²) in [6, 6.07) is 4.97. The number of aromatic nitrogens is 1. The molecule has 0 spiro atoms. The van der Waals surface area contributed by atoms with E-state index < -0.39 is 0 Å². The lowest BCUT2D eigenvalue weighted by atomic mass is 9.96. The van der Waals surface area contributed by atoms with Crippen LogP contribution in [-0.2, 0) is 0 Å². The van der Waals surface area contributed by atoms with E-state index in [1.807, 2.05) is 18.3 Å². The topological polar surface area (TPSA) is 38.1 Å². The van der Waals surface area contributed by atoms with Gasteiger partial charge in [0.15, 0.2) is 0 Å². The SMILES string of the molecule is Cc1cnc(C(C)NC(c2cccs2)C2CCCC2)o1. The molecule has 2 aromatic heterocycles. The average molecular weight is 290 g/mol. The maximum atomic E-state index is 5.66. The highest BCUT2D eigenvalue weighted by Gasteiger charge is 2.29. The molecule has 2 atom stereocenters. The highest BCUT2D eigenvalue weighted by molar-refractivity contribution is 7.10. The second-order valence-electron chi connectivity index (χ2n) is 5.74. The van der Waals surface area contributed by atoms with Crippen LogP contribution in [0, 0.1) is 12.8 Å². The van der Waals surface area contributed by atoms with Crippen LogP contribution < -0.4 is 5.32 Å². The minimum atomic E-state index is 0.149. The zero-order valence-corrected chi connectivity index (χ0v) is 13.0. The molecule has 0 saturated heterocycles. The first-order valence-corrected chi connectivity index (χ1v) is 8.34. The standard InChI is InChI=1S/C16H22N2OS/c1-11-10-17-16(19-11)12(2)18-15(13-6-3-4-7-13)14-8-5-9-20-14/h5,8-10,12-13,15,18H,3-4,6-7H2,1-2H3. The molecule has 0 bridgehead atoms. The van der Waals surface area contributed by atoms with Gasteiger partial charge < -0.3 is 4.42 Å². The van der Waals surface area contributed by atoms with Crippen LogP contribution in [0.4, 0.5) is 0 Å². The fourth-order valence-electron chi connectivity index (χ4n) is 3.12. The Hall–Kier alpha value is -1.13. The number of rotatable bonds is 5. The second kappa shape index (κ2) is 6.10. The molecule has 2 unspecified atom stereocenters. The van der Waals surface area contributed by atoms with Gasteiger partial charge in [0, 0.05) is 10.9 Å². The Bertz CT molecular complexity index is 528. The lowest BCUT2D eigenvalue weighted by Crippen LogP contribution is -2.29. The zero-order chi connectivity index (χ0) is 13.9. The highest BCUT2D eigenvalue weighted by Crippen LogP contribution is 2.38. The summed E-state index contributed by atoms with van der Waals surface area (Å²) in [6.07, 6.45) is 7.17. The Labute approximate surface area is 124 Å². The smallest absolute Gasteiger partial charge is 0.211 e. The minimum absolute atomic E-state index is 0.149. The van der Waals surface area contributed by atoms with Crippen LogP contribution in [-0.4, -0.2) is 4.98 Å². The van der Waals surface area contributed by atoms with Gasteiger partial charge in [0.25, 0.3) is 0 Å². The van der Waals surface area contributed by atoms with Crippen LogP contribution in [0.25, 0.3) is 0 Å². The van der Waals surface area contributed by atoms with Gasteiger partial charge in [-0.3, -0.25) is 5.32 Å². The average Bonchev–Trinajstić information content (AvgIpc) is 3.17. The first-order valence-electron chi connectivity index (χ1n) is 7.46. The van der Waals surface area contributed by atoms with Crippen molar-refractivity contribution in [1.82, 2.24) is 10.3 Å². The summed E-state index contributed by atoms with van der Waals surface area (Å²) in [6.45, 7) is 4.08. The predicted octanol–water partition coefficient (Wildman–Crippen LogP) is 4.63. The van der Waals surface area contributed by atoms with Crippen LogP contribution in [0.3, 0.4) is 0 Å². The Morgan fingerprint density at radius 2 is 2.20 bits per heavy atom. The summed E-state index contributed by atoms with van der Waals surface area (Å²) in [7, 11) is 0. The van der Waals surface area contributed by atoms with Gasteiger partial charge >= 0.3 is 0 Å². The summed E-state index contributed by atoms with van der Waals surface area (Å²) >= 11 is 1.85. The van der Waals surface area contributed by atoms with Crippen LogP contribution in [0.15, 0.2) is 28.1 Å². The molecule has 4 heteroatoms. The molecule has 1 fully saturated rings. The molecule has 2 aromatic rings. The number of nitrogens with one attached hydrogen (secondary N) is 1. The Morgan fingerprint density at radius 1 is 1.40 bits per heavy atom. The first-order chi connectivity index (χ1) is 9.74. The van der Waals surface area contributed by atoms with Gasteiger partial charge in [0.1, 0.15) is 5.76 Å². The monoisotopic (exact) mass is 290 g/mol. The van der Waals surface area contributed by atoms with Crippen molar-refractivity contribution in [2.45, 2.75) is 51.6 Å². The quantitative estimate of drug-likeness (QED) is 0.872. The van der Waals surface area contributed by atoms with E-state index >= 15 is 0 Å². The predicted molar refractivity (Wildman–Crippen MR) is 81.8 cm³/mol. The fourth-order valence-corrected chi connectivity index (χ4v) is 4.00. The molecule has 0 radical (unpaired) electrons. The summed E-state index contributed by atoms with van der Waals surface area (Å²) in [5.41, 5.74) is 0. The highest BCUT2D eigenvalue weighted by atomic mass is 32.1. The van der Waals surface area contributed by atoms with E-state index in [9.17, 15) is 0 Å². The van der Waals surface area contributed by atoms with Crippen molar-refractivity contribution in [3.8, 4) is 0 Å². The maximum Gasteiger partial charge on any atom is 0.211 e. The Kier molecular flexibility index (Phi) is 4.22. The number of hydrogen-bond donors (Lipinski definition) is 1. The molecular formula is C16H22N2OS. The molecule has 3 rings (SSSR count). The summed E-state index contributed by atoms with van der Waals surface area (Å²) in [5, 5.41) is 5.91. The van der Waals surface area contributed by atoms with Crippen molar-refractivity contribution in [1.29, 1.82) is 0 Å². The summed E-state index contributed by atoms with van der Waals surface area (Å²) in [4.78, 5) is 5.79. The van der Waals surface area contributed by atoms with Gasteiger partial charge in [0.2, 0.25) is 5.89 Å². The Morgan fingerprint density at radius 3 is 2.80 bits per heavy atom. The molecule has 3 nitrogen and oxygen atoms in total. The number of hydrogen-bond acceptors (Lipinski definition) is 4. The van der Waals surface area contributed by atoms with E-state index in [4.69, 9.17) is 4.42 Å². The molecule has 1 aliphatic carbocycles. The molecule has 1 saturated carbocycles. The van der Waals surface area contributed by atoms with Crippen LogP contribution in [0.2, 0.25) is 0 Å². The van der Waals surface area contributed by atoms with Crippen LogP contribution >= 0.6 is 11.3 Å². The van der Waals surface area contributed by atoms with Crippen molar-refractivity contribution in [3.05, 3.63) is 40.2 Å². The van der Waals surface area contributed by atoms with Crippen molar-refractivity contribution < 1.29 is 4.42 Å². The minimum Gasteiger partial charge on any atom is -0.444 e. The molecule has 2 heterocycles. The fraction of sp³-hybridized carbons (Fsp3) is 0.562. The van der Waals surface area contributed by atoms with Gasteiger partial charge in [-0.1, -0.05) is 18.9 Å². The van der Waals surface area contributed by atoms with Gasteiger partial charge in [-0.15, -0.1) is 11.3 Å². The maximum absolute atomic E-state index is 5.66. The van der Waals surface area contributed by atoms with E-state index in [1.54, 1.807) is 6.20 Å². The zero-order valence-electron chi connectivity index (χ0n) is 12.1. The first kappa shape index (κ1) is 13.8. The lowest BCUT2D eigenvalue weighted by Gasteiger charge is -2.26. The Balaban J connectivity index is 1.76. The molecule has 1 aliphatic rings. The molecular weight excluding hydrogens is 268 g/mol. The van der Waals surface area contributed by atoms with E-state index in [2.05, 4.69) is 34.7 Å². The molecule has 108 valence electrons. The number of oxazole rings is 1. The molecule has 0 aromatic carbocycles. The van der Waals surface area contributed by atoms with Gasteiger partial charge in [-0.25, -0.2) is 4.98 Å². The van der Waals surface area contributed by atoms with Crippen molar-refractivity contribution in [2.75, 3.05) is 0 Å². The molecule has 1 N–H and O–H groups in total. The third kappa shape index (κ3) is 2.96. The number of aryl methyl sites for hydroxylation is 1. The molecule has 20 heavy (non-hydrogen) atoms.